The predicted octanol–water partition coefficient (Wildman–Crippen LogP) is 3.01. The van der Waals surface area contributed by atoms with Crippen molar-refractivity contribution in [2.45, 2.75) is 85.9 Å². The Labute approximate surface area is 302 Å². The van der Waals surface area contributed by atoms with Gasteiger partial charge in [0, 0.05) is 28.1 Å². The smallest absolute Gasteiger partial charge is 0.338 e. The number of carbonyl (C=O) groups is 4. The first kappa shape index (κ1) is 39.2. The van der Waals surface area contributed by atoms with E-state index >= 15 is 0 Å². The van der Waals surface area contributed by atoms with Gasteiger partial charge in [0.25, 0.3) is 0 Å². The van der Waals surface area contributed by atoms with Gasteiger partial charge in [0.1, 0.15) is 33.7 Å². The molecule has 274 valence electrons. The minimum atomic E-state index is -1.34. The minimum absolute atomic E-state index is 0.0359. The van der Waals surface area contributed by atoms with Crippen LogP contribution in [0.4, 0.5) is 0 Å². The van der Waals surface area contributed by atoms with Gasteiger partial charge in [-0.15, -0.1) is 0 Å². The molecule has 16 heteroatoms. The summed E-state index contributed by atoms with van der Waals surface area (Å²) in [6.07, 6.45) is -10.3. The van der Waals surface area contributed by atoms with Crippen LogP contribution in [0.15, 0.2) is 48.5 Å². The molecule has 2 heterocycles. The van der Waals surface area contributed by atoms with Gasteiger partial charge in [-0.3, -0.25) is 9.59 Å². The molecule has 2 fully saturated rings. The lowest BCUT2D eigenvalue weighted by Gasteiger charge is -2.45. The average molecular weight is 817 g/mol. The zero-order chi connectivity index (χ0) is 36.5. The largest absolute Gasteiger partial charge is 0.497 e. The van der Waals surface area contributed by atoms with Gasteiger partial charge in [-0.25, -0.2) is 9.59 Å². The maximum atomic E-state index is 13.4. The summed E-state index contributed by atoms with van der Waals surface area (Å²) in [7, 11) is 5.73. The standard InChI is InChI=1S/C34H41IO15/c1-17(36)45-29-27(49-31(39)19-7-11-21(41-3)12-8-19)24(48-34(44-6)30(29)46-18(2)37)16-15-23-26(38)28(25(35)33(43-5)47-23)50-32(40)20-9-13-22(42-4)14-10-20/h7-14,23-30,33-34,38H,15-16H2,1-6H3/t23-,24+,25+,26-,27+,28+,29-,30-,33+,34-/m1/s1. The molecule has 0 bridgehead atoms. The molecule has 2 aromatic carbocycles. The van der Waals surface area contributed by atoms with Crippen LogP contribution >= 0.6 is 22.6 Å². The highest BCUT2D eigenvalue weighted by molar-refractivity contribution is 14.1. The second-order valence-corrected chi connectivity index (χ2v) is 12.9. The lowest BCUT2D eigenvalue weighted by Crippen LogP contribution is -2.62. The molecule has 10 atom stereocenters. The number of halogens is 1. The normalized spacial score (nSPS) is 29.3. The number of carbonyl (C=O) groups excluding carboxylic acids is 4. The number of methoxy groups -OCH3 is 4. The molecule has 0 saturated carbocycles. The Morgan fingerprint density at radius 3 is 1.52 bits per heavy atom. The quantitative estimate of drug-likeness (QED) is 0.135. The average Bonchev–Trinajstić information content (AvgIpc) is 3.11. The summed E-state index contributed by atoms with van der Waals surface area (Å²) < 4.78 is 55.7. The summed E-state index contributed by atoms with van der Waals surface area (Å²) in [5, 5.41) is 11.5. The number of benzene rings is 2. The molecule has 2 aliphatic rings. The number of rotatable bonds is 13. The summed E-state index contributed by atoms with van der Waals surface area (Å²) in [5.41, 5.74) is 0.410. The van der Waals surface area contributed by atoms with Crippen LogP contribution in [-0.2, 0) is 47.5 Å². The Morgan fingerprint density at radius 1 is 0.620 bits per heavy atom. The lowest BCUT2D eigenvalue weighted by atomic mass is 9.91. The second-order valence-electron chi connectivity index (χ2n) is 11.4. The highest BCUT2D eigenvalue weighted by atomic mass is 127. The molecule has 2 saturated heterocycles. The van der Waals surface area contributed by atoms with Crippen molar-refractivity contribution in [2.75, 3.05) is 28.4 Å². The summed E-state index contributed by atoms with van der Waals surface area (Å²) in [5.74, 6) is -1.84. The van der Waals surface area contributed by atoms with Gasteiger partial charge in [0.05, 0.1) is 31.5 Å². The highest BCUT2D eigenvalue weighted by Crippen LogP contribution is 2.36. The topological polar surface area (TPSA) is 181 Å². The van der Waals surface area contributed by atoms with E-state index in [2.05, 4.69) is 0 Å². The van der Waals surface area contributed by atoms with Gasteiger partial charge >= 0.3 is 23.9 Å². The van der Waals surface area contributed by atoms with E-state index in [4.69, 9.17) is 47.4 Å². The first-order valence-electron chi connectivity index (χ1n) is 15.6. The fourth-order valence-electron chi connectivity index (χ4n) is 5.69. The molecule has 0 spiro atoms. The number of esters is 4. The van der Waals surface area contributed by atoms with Crippen molar-refractivity contribution in [3.05, 3.63) is 59.7 Å². The van der Waals surface area contributed by atoms with Crippen molar-refractivity contribution in [2.24, 2.45) is 0 Å². The molecule has 2 aliphatic heterocycles. The first-order chi connectivity index (χ1) is 23.9. The van der Waals surface area contributed by atoms with Crippen molar-refractivity contribution in [1.82, 2.24) is 0 Å². The Morgan fingerprint density at radius 2 is 1.06 bits per heavy atom. The van der Waals surface area contributed by atoms with Crippen LogP contribution in [0.25, 0.3) is 0 Å². The van der Waals surface area contributed by atoms with Crippen LogP contribution in [-0.4, -0.2) is 117 Å². The van der Waals surface area contributed by atoms with E-state index in [1.165, 1.54) is 40.6 Å². The fourth-order valence-corrected chi connectivity index (χ4v) is 6.73. The van der Waals surface area contributed by atoms with Crippen LogP contribution < -0.4 is 9.47 Å². The van der Waals surface area contributed by atoms with E-state index < -0.39 is 83.1 Å². The molecule has 1 N–H and O–H groups in total. The number of alkyl halides is 1. The van der Waals surface area contributed by atoms with Crippen LogP contribution in [0.2, 0.25) is 0 Å². The Kier molecular flexibility index (Phi) is 14.2. The van der Waals surface area contributed by atoms with Crippen molar-refractivity contribution < 1.29 is 71.7 Å². The van der Waals surface area contributed by atoms with Gasteiger partial charge in [0.15, 0.2) is 30.9 Å². The first-order valence-corrected chi connectivity index (χ1v) is 16.9. The van der Waals surface area contributed by atoms with Gasteiger partial charge in [-0.05, 0) is 61.4 Å². The summed E-state index contributed by atoms with van der Waals surface area (Å²) in [4.78, 5) is 50.9. The van der Waals surface area contributed by atoms with Gasteiger partial charge in [-0.2, -0.15) is 0 Å². The molecule has 4 rings (SSSR count). The molecule has 0 amide bonds. The maximum absolute atomic E-state index is 13.4. The Balaban J connectivity index is 1.59. The fraction of sp³-hybridized carbons (Fsp3) is 0.529. The van der Waals surface area contributed by atoms with Crippen molar-refractivity contribution in [3.8, 4) is 11.5 Å². The number of aliphatic hydroxyl groups is 1. The van der Waals surface area contributed by atoms with Crippen LogP contribution in [0.5, 0.6) is 11.5 Å². The molecule has 0 aromatic heterocycles. The van der Waals surface area contributed by atoms with E-state index in [9.17, 15) is 24.3 Å². The van der Waals surface area contributed by atoms with E-state index in [1.54, 1.807) is 36.4 Å². The van der Waals surface area contributed by atoms with Crippen molar-refractivity contribution >= 4 is 46.5 Å². The Hall–Kier alpha value is -3.55. The number of ether oxygens (including phenoxy) is 10. The maximum Gasteiger partial charge on any atom is 0.338 e. The molecule has 15 nitrogen and oxygen atoms in total. The predicted molar refractivity (Wildman–Crippen MR) is 180 cm³/mol. The summed E-state index contributed by atoms with van der Waals surface area (Å²) in [6, 6.07) is 12.5. The zero-order valence-electron chi connectivity index (χ0n) is 28.3. The van der Waals surface area contributed by atoms with Gasteiger partial charge in [0.2, 0.25) is 0 Å². The molecule has 0 aliphatic carbocycles. The van der Waals surface area contributed by atoms with Crippen molar-refractivity contribution in [3.63, 3.8) is 0 Å². The van der Waals surface area contributed by atoms with E-state index in [0.29, 0.717) is 11.5 Å². The van der Waals surface area contributed by atoms with Crippen LogP contribution in [0, 0.1) is 0 Å². The minimum Gasteiger partial charge on any atom is -0.497 e. The van der Waals surface area contributed by atoms with Gasteiger partial charge < -0.3 is 52.5 Å². The zero-order valence-corrected chi connectivity index (χ0v) is 30.5. The third-order valence-electron chi connectivity index (χ3n) is 8.13. The lowest BCUT2D eigenvalue weighted by molar-refractivity contribution is -0.298. The van der Waals surface area contributed by atoms with Crippen LogP contribution in [0.3, 0.4) is 0 Å². The number of hydrogen-bond donors (Lipinski definition) is 1. The monoisotopic (exact) mass is 816 g/mol. The summed E-state index contributed by atoms with van der Waals surface area (Å²) >= 11 is 2.00. The SMILES string of the molecule is COc1ccc(C(=O)O[C@@H]2[C@H](O)[C@@H](CC[C@@H]3O[C@@H](OC)[C@H](OC(C)=O)[C@H](OC(C)=O)[C@H]3OC(=O)c3ccc(OC)cc3)O[C@H](OC)[C@H]2I)cc1. The third kappa shape index (κ3) is 9.61. The van der Waals surface area contributed by atoms with E-state index in [-0.39, 0.29) is 24.0 Å². The van der Waals surface area contributed by atoms with E-state index in [1.807, 2.05) is 22.6 Å². The number of hydrogen-bond acceptors (Lipinski definition) is 15. The van der Waals surface area contributed by atoms with Gasteiger partial charge in [-0.1, -0.05) is 22.6 Å². The second kappa shape index (κ2) is 18.1. The summed E-state index contributed by atoms with van der Waals surface area (Å²) in [6.45, 7) is 2.32. The third-order valence-corrected chi connectivity index (χ3v) is 9.43. The molecule has 0 radical (unpaired) electrons. The van der Waals surface area contributed by atoms with E-state index in [0.717, 1.165) is 13.8 Å². The van der Waals surface area contributed by atoms with Crippen molar-refractivity contribution in [1.29, 1.82) is 0 Å². The Bertz CT molecular complexity index is 1450. The van der Waals surface area contributed by atoms with Crippen LogP contribution in [0.1, 0.15) is 47.4 Å². The number of aliphatic hydroxyl groups excluding tert-OH is 1. The molecule has 50 heavy (non-hydrogen) atoms. The highest BCUT2D eigenvalue weighted by Gasteiger charge is 2.53. The molecule has 0 unspecified atom stereocenters. The molecule has 2 aromatic rings. The molecular weight excluding hydrogens is 775 g/mol. The molecular formula is C34H41IO15.